The van der Waals surface area contributed by atoms with Crippen LogP contribution in [-0.4, -0.2) is 37.3 Å². The van der Waals surface area contributed by atoms with Gasteiger partial charge in [0.25, 0.3) is 11.8 Å². The number of amides is 3. The Morgan fingerprint density at radius 1 is 0.972 bits per heavy atom. The van der Waals surface area contributed by atoms with E-state index in [9.17, 15) is 19.2 Å². The average molecular weight is 481 g/mol. The Bertz CT molecular complexity index is 1410. The molecule has 2 heterocycles. The number of fused-ring (bicyclic) bond motifs is 1. The van der Waals surface area contributed by atoms with E-state index in [1.54, 1.807) is 53.4 Å². The minimum absolute atomic E-state index is 0.0692. The molecule has 7 nitrogen and oxygen atoms in total. The van der Waals surface area contributed by atoms with Gasteiger partial charge in [-0.05, 0) is 47.0 Å². The zero-order valence-electron chi connectivity index (χ0n) is 20.0. The number of nitrogens with zero attached hydrogens (tertiary/aromatic N) is 2. The Morgan fingerprint density at radius 2 is 1.61 bits per heavy atom. The topological polar surface area (TPSA) is 84.0 Å². The van der Waals surface area contributed by atoms with E-state index in [2.05, 4.69) is 6.58 Å². The molecule has 2 aliphatic heterocycles. The van der Waals surface area contributed by atoms with Crippen LogP contribution in [0.2, 0.25) is 0 Å². The molecular formula is C29H24N2O5. The summed E-state index contributed by atoms with van der Waals surface area (Å²) in [7, 11) is 1.33. The lowest BCUT2D eigenvalue weighted by atomic mass is 9.86. The Balaban J connectivity index is 1.71. The second-order valence-corrected chi connectivity index (χ2v) is 8.76. The van der Waals surface area contributed by atoms with Crippen molar-refractivity contribution in [1.82, 2.24) is 0 Å². The van der Waals surface area contributed by atoms with E-state index in [1.807, 2.05) is 25.1 Å². The van der Waals surface area contributed by atoms with Crippen molar-refractivity contribution < 1.29 is 23.9 Å². The standard InChI is InChI=1S/C29H24N2O5/c1-4-18-13-14-23(30-16-15-24(30)32)26(31-27(33)21-7-5-6-8-22(21)28(31)34)25(18)17(2)19-9-11-20(12-10-19)29(35)36-3/h4-14,17H,1,15-16H2,2-3H3/t17-/m0/s1. The molecule has 3 amide bonds. The van der Waals surface area contributed by atoms with Crippen molar-refractivity contribution in [2.45, 2.75) is 19.3 Å². The Morgan fingerprint density at radius 3 is 2.11 bits per heavy atom. The van der Waals surface area contributed by atoms with Crippen LogP contribution in [0, 0.1) is 0 Å². The van der Waals surface area contributed by atoms with E-state index in [-0.39, 0.29) is 11.8 Å². The maximum absolute atomic E-state index is 13.6. The Kier molecular flexibility index (Phi) is 5.76. The first-order chi connectivity index (χ1) is 17.4. The minimum Gasteiger partial charge on any atom is -0.465 e. The molecule has 0 aliphatic carbocycles. The van der Waals surface area contributed by atoms with Crippen molar-refractivity contribution in [2.75, 3.05) is 23.5 Å². The van der Waals surface area contributed by atoms with Crippen LogP contribution < -0.4 is 9.80 Å². The second kappa shape index (κ2) is 8.92. The largest absolute Gasteiger partial charge is 0.465 e. The van der Waals surface area contributed by atoms with Crippen LogP contribution in [0.3, 0.4) is 0 Å². The Labute approximate surface area is 208 Å². The summed E-state index contributed by atoms with van der Waals surface area (Å²) < 4.78 is 4.80. The fourth-order valence-corrected chi connectivity index (χ4v) is 4.85. The molecule has 1 saturated heterocycles. The zero-order chi connectivity index (χ0) is 25.6. The number of carbonyl (C=O) groups excluding carboxylic acids is 4. The fourth-order valence-electron chi connectivity index (χ4n) is 4.85. The van der Waals surface area contributed by atoms with Crippen LogP contribution in [-0.2, 0) is 9.53 Å². The van der Waals surface area contributed by atoms with E-state index in [1.165, 1.54) is 12.0 Å². The lowest BCUT2D eigenvalue weighted by Gasteiger charge is -2.36. The maximum atomic E-state index is 13.6. The van der Waals surface area contributed by atoms with Crippen molar-refractivity contribution in [3.8, 4) is 0 Å². The lowest BCUT2D eigenvalue weighted by molar-refractivity contribution is -0.122. The van der Waals surface area contributed by atoms with E-state index in [0.29, 0.717) is 46.6 Å². The molecule has 3 aromatic rings. The maximum Gasteiger partial charge on any atom is 0.337 e. The summed E-state index contributed by atoms with van der Waals surface area (Å²) in [6.07, 6.45) is 2.09. The van der Waals surface area contributed by atoms with Crippen LogP contribution >= 0.6 is 0 Å². The van der Waals surface area contributed by atoms with Gasteiger partial charge in [-0.1, -0.05) is 49.9 Å². The normalized spacial score (nSPS) is 15.4. The van der Waals surface area contributed by atoms with E-state index in [0.717, 1.165) is 11.1 Å². The van der Waals surface area contributed by atoms with Gasteiger partial charge in [-0.15, -0.1) is 0 Å². The molecule has 0 spiro atoms. The fraction of sp³-hybridized carbons (Fsp3) is 0.172. The molecule has 0 N–H and O–H groups in total. The molecule has 0 aromatic heterocycles. The smallest absolute Gasteiger partial charge is 0.337 e. The van der Waals surface area contributed by atoms with E-state index < -0.39 is 17.8 Å². The molecule has 7 heteroatoms. The number of rotatable bonds is 6. The summed E-state index contributed by atoms with van der Waals surface area (Å²) in [6.45, 7) is 6.42. The molecule has 2 aliphatic rings. The van der Waals surface area contributed by atoms with Gasteiger partial charge in [-0.3, -0.25) is 14.4 Å². The van der Waals surface area contributed by atoms with Gasteiger partial charge < -0.3 is 9.64 Å². The van der Waals surface area contributed by atoms with Gasteiger partial charge in [-0.25, -0.2) is 9.69 Å². The molecule has 1 fully saturated rings. The van der Waals surface area contributed by atoms with Crippen molar-refractivity contribution in [2.24, 2.45) is 0 Å². The number of β-lactam (4-membered cyclic amide) rings is 1. The molecule has 180 valence electrons. The predicted octanol–water partition coefficient (Wildman–Crippen LogP) is 4.81. The molecule has 36 heavy (non-hydrogen) atoms. The highest BCUT2D eigenvalue weighted by atomic mass is 16.5. The first kappa shape index (κ1) is 23.2. The van der Waals surface area contributed by atoms with Crippen LogP contribution in [0.25, 0.3) is 6.08 Å². The van der Waals surface area contributed by atoms with Gasteiger partial charge >= 0.3 is 5.97 Å². The van der Waals surface area contributed by atoms with Gasteiger partial charge in [-0.2, -0.15) is 0 Å². The average Bonchev–Trinajstić information content (AvgIpc) is 3.16. The number of anilines is 2. The number of benzene rings is 3. The number of methoxy groups -OCH3 is 1. The SMILES string of the molecule is C=Cc1ccc(N2CCC2=O)c(N2C(=O)c3ccccc3C2=O)c1[C@@H](C)c1ccc(C(=O)OC)cc1. The predicted molar refractivity (Wildman–Crippen MR) is 136 cm³/mol. The molecule has 0 bridgehead atoms. The molecule has 0 unspecified atom stereocenters. The van der Waals surface area contributed by atoms with Crippen LogP contribution in [0.4, 0.5) is 11.4 Å². The van der Waals surface area contributed by atoms with Crippen molar-refractivity contribution in [3.63, 3.8) is 0 Å². The van der Waals surface area contributed by atoms with Gasteiger partial charge in [0.2, 0.25) is 5.91 Å². The van der Waals surface area contributed by atoms with Gasteiger partial charge in [0.1, 0.15) is 0 Å². The highest BCUT2D eigenvalue weighted by molar-refractivity contribution is 6.36. The number of esters is 1. The van der Waals surface area contributed by atoms with Crippen LogP contribution in [0.1, 0.15) is 67.0 Å². The van der Waals surface area contributed by atoms with Crippen molar-refractivity contribution in [1.29, 1.82) is 0 Å². The summed E-state index contributed by atoms with van der Waals surface area (Å²) in [5.41, 5.74) is 4.26. The minimum atomic E-state index is -0.439. The third-order valence-electron chi connectivity index (χ3n) is 6.87. The lowest BCUT2D eigenvalue weighted by Crippen LogP contribution is -2.45. The second-order valence-electron chi connectivity index (χ2n) is 8.76. The summed E-state index contributed by atoms with van der Waals surface area (Å²) in [4.78, 5) is 54.3. The molecule has 1 atom stereocenters. The molecule has 3 aromatic carbocycles. The van der Waals surface area contributed by atoms with Gasteiger partial charge in [0.05, 0.1) is 35.2 Å². The zero-order valence-corrected chi connectivity index (χ0v) is 20.0. The Hall–Kier alpha value is -4.52. The van der Waals surface area contributed by atoms with Gasteiger partial charge in [0.15, 0.2) is 0 Å². The van der Waals surface area contributed by atoms with Gasteiger partial charge in [0, 0.05) is 18.9 Å². The number of imide groups is 1. The third-order valence-corrected chi connectivity index (χ3v) is 6.87. The molecule has 5 rings (SSSR count). The number of hydrogen-bond donors (Lipinski definition) is 0. The number of hydrogen-bond acceptors (Lipinski definition) is 5. The monoisotopic (exact) mass is 480 g/mol. The molecule has 0 radical (unpaired) electrons. The first-order valence-electron chi connectivity index (χ1n) is 11.6. The first-order valence-corrected chi connectivity index (χ1v) is 11.6. The summed E-state index contributed by atoms with van der Waals surface area (Å²) in [6, 6.07) is 17.3. The van der Waals surface area contributed by atoms with Crippen molar-refractivity contribution in [3.05, 3.63) is 101 Å². The van der Waals surface area contributed by atoms with Crippen molar-refractivity contribution >= 4 is 41.1 Å². The molecular weight excluding hydrogens is 456 g/mol. The quantitative estimate of drug-likeness (QED) is 0.287. The highest BCUT2D eigenvalue weighted by Crippen LogP contribution is 2.46. The summed E-state index contributed by atoms with van der Waals surface area (Å²) >= 11 is 0. The molecule has 0 saturated carbocycles. The van der Waals surface area contributed by atoms with E-state index in [4.69, 9.17) is 4.74 Å². The van der Waals surface area contributed by atoms with Crippen LogP contribution in [0.5, 0.6) is 0 Å². The highest BCUT2D eigenvalue weighted by Gasteiger charge is 2.42. The third kappa shape index (κ3) is 3.51. The summed E-state index contributed by atoms with van der Waals surface area (Å²) in [5.74, 6) is -1.67. The number of carbonyl (C=O) groups is 4. The van der Waals surface area contributed by atoms with E-state index >= 15 is 0 Å². The number of ether oxygens (including phenoxy) is 1. The summed E-state index contributed by atoms with van der Waals surface area (Å²) in [5, 5.41) is 0. The van der Waals surface area contributed by atoms with Crippen LogP contribution in [0.15, 0.2) is 67.2 Å².